The number of nitrogens with one attached hydrogen (secondary N) is 1. The van der Waals surface area contributed by atoms with E-state index in [-0.39, 0.29) is 0 Å². The van der Waals surface area contributed by atoms with Crippen molar-refractivity contribution in [2.45, 2.75) is 19.9 Å². The molecule has 84 valence electrons. The quantitative estimate of drug-likeness (QED) is 0.751. The van der Waals surface area contributed by atoms with Gasteiger partial charge in [-0.1, -0.05) is 0 Å². The Balaban J connectivity index is 2.35. The number of likely N-dealkylation sites (N-methyl/N-ethyl adjacent to an activating group) is 1. The average molecular weight is 209 g/mol. The summed E-state index contributed by atoms with van der Waals surface area (Å²) in [6.07, 6.45) is 3.21. The summed E-state index contributed by atoms with van der Waals surface area (Å²) in [5, 5.41) is 3.16. The Labute approximate surface area is 90.7 Å². The topological polar surface area (TPSA) is 67.1 Å². The summed E-state index contributed by atoms with van der Waals surface area (Å²) in [5.74, 6) is 1.11. The van der Waals surface area contributed by atoms with Crippen molar-refractivity contribution in [2.24, 2.45) is 0 Å². The van der Waals surface area contributed by atoms with Crippen molar-refractivity contribution in [1.29, 1.82) is 0 Å². The van der Waals surface area contributed by atoms with Crippen LogP contribution in [0.5, 0.6) is 0 Å². The molecule has 0 radical (unpaired) electrons. The third-order valence-corrected chi connectivity index (χ3v) is 2.37. The van der Waals surface area contributed by atoms with Gasteiger partial charge < -0.3 is 16.0 Å². The Kier molecular flexibility index (Phi) is 4.30. The highest BCUT2D eigenvalue weighted by molar-refractivity contribution is 5.54. The van der Waals surface area contributed by atoms with E-state index >= 15 is 0 Å². The molecule has 0 saturated heterocycles. The van der Waals surface area contributed by atoms with Crippen LogP contribution in [0.4, 0.5) is 11.6 Å². The number of nitrogen functional groups attached to an aromatic ring is 1. The summed E-state index contributed by atoms with van der Waals surface area (Å²) in [6.45, 7) is 6.10. The maximum atomic E-state index is 5.65. The van der Waals surface area contributed by atoms with Crippen LogP contribution in [-0.4, -0.2) is 41.0 Å². The van der Waals surface area contributed by atoms with Crippen LogP contribution >= 0.6 is 0 Å². The highest BCUT2D eigenvalue weighted by Crippen LogP contribution is 2.08. The van der Waals surface area contributed by atoms with E-state index in [1.54, 1.807) is 12.4 Å². The van der Waals surface area contributed by atoms with Gasteiger partial charge >= 0.3 is 0 Å². The van der Waals surface area contributed by atoms with Crippen LogP contribution < -0.4 is 11.1 Å². The molecule has 0 fully saturated rings. The van der Waals surface area contributed by atoms with Crippen molar-refractivity contribution in [3.63, 3.8) is 0 Å². The van der Waals surface area contributed by atoms with Gasteiger partial charge in [0.1, 0.15) is 0 Å². The lowest BCUT2D eigenvalue weighted by atomic mass is 10.3. The van der Waals surface area contributed by atoms with Gasteiger partial charge in [0, 0.05) is 31.5 Å². The number of nitrogens with two attached hydrogens (primary N) is 1. The van der Waals surface area contributed by atoms with Gasteiger partial charge in [-0.25, -0.2) is 9.97 Å². The van der Waals surface area contributed by atoms with Crippen molar-refractivity contribution in [3.05, 3.63) is 12.4 Å². The summed E-state index contributed by atoms with van der Waals surface area (Å²) < 4.78 is 0. The van der Waals surface area contributed by atoms with E-state index in [2.05, 4.69) is 41.1 Å². The predicted octanol–water partition coefficient (Wildman–Crippen LogP) is 0.811. The second-order valence-electron chi connectivity index (χ2n) is 3.79. The van der Waals surface area contributed by atoms with Gasteiger partial charge in [0.15, 0.2) is 11.6 Å². The maximum absolute atomic E-state index is 5.65. The van der Waals surface area contributed by atoms with E-state index in [9.17, 15) is 0 Å². The molecular formula is C10H19N5. The largest absolute Gasteiger partial charge is 0.381 e. The first-order valence-electron chi connectivity index (χ1n) is 5.12. The minimum Gasteiger partial charge on any atom is -0.381 e. The molecule has 0 aliphatic rings. The molecule has 0 unspecified atom stereocenters. The Morgan fingerprint density at radius 1 is 1.40 bits per heavy atom. The minimum absolute atomic E-state index is 0.449. The molecule has 0 aromatic carbocycles. The first-order chi connectivity index (χ1) is 7.11. The van der Waals surface area contributed by atoms with Crippen LogP contribution in [0.3, 0.4) is 0 Å². The molecule has 5 heteroatoms. The zero-order valence-electron chi connectivity index (χ0n) is 9.57. The summed E-state index contributed by atoms with van der Waals surface area (Å²) in [6, 6.07) is 0.547. The highest BCUT2D eigenvalue weighted by Gasteiger charge is 2.03. The van der Waals surface area contributed by atoms with Crippen LogP contribution in [0.2, 0.25) is 0 Å². The van der Waals surface area contributed by atoms with Crippen LogP contribution in [0.15, 0.2) is 12.4 Å². The Morgan fingerprint density at radius 3 is 2.67 bits per heavy atom. The molecule has 1 rings (SSSR count). The van der Waals surface area contributed by atoms with E-state index in [0.29, 0.717) is 17.7 Å². The molecule has 0 spiro atoms. The third-order valence-electron chi connectivity index (χ3n) is 2.37. The zero-order chi connectivity index (χ0) is 11.3. The van der Waals surface area contributed by atoms with Crippen LogP contribution in [0.25, 0.3) is 0 Å². The molecule has 3 N–H and O–H groups in total. The van der Waals surface area contributed by atoms with Gasteiger partial charge in [-0.3, -0.25) is 0 Å². The molecule has 1 aromatic rings. The first kappa shape index (κ1) is 11.7. The monoisotopic (exact) mass is 209 g/mol. The standard InChI is InChI=1S/C10H19N5/c1-8(2)15(3)7-6-14-10-9(11)12-4-5-13-10/h4-5,8H,6-7H2,1-3H3,(H2,11,12)(H,13,14). The van der Waals surface area contributed by atoms with Gasteiger partial charge in [0.05, 0.1) is 0 Å². The van der Waals surface area contributed by atoms with Crippen molar-refractivity contribution in [3.8, 4) is 0 Å². The number of hydrogen-bond donors (Lipinski definition) is 2. The first-order valence-corrected chi connectivity index (χ1v) is 5.12. The molecule has 1 heterocycles. The lowest BCUT2D eigenvalue weighted by molar-refractivity contribution is 0.284. The molecule has 15 heavy (non-hydrogen) atoms. The number of anilines is 2. The van der Waals surface area contributed by atoms with Crippen LogP contribution in [-0.2, 0) is 0 Å². The van der Waals surface area contributed by atoms with E-state index in [0.717, 1.165) is 13.1 Å². The second-order valence-corrected chi connectivity index (χ2v) is 3.79. The number of rotatable bonds is 5. The van der Waals surface area contributed by atoms with E-state index < -0.39 is 0 Å². The zero-order valence-corrected chi connectivity index (χ0v) is 9.57. The van der Waals surface area contributed by atoms with E-state index in [1.165, 1.54) is 0 Å². The summed E-state index contributed by atoms with van der Waals surface area (Å²) in [4.78, 5) is 10.3. The molecular weight excluding hydrogens is 190 g/mol. The average Bonchev–Trinajstić information content (AvgIpc) is 2.20. The fourth-order valence-electron chi connectivity index (χ4n) is 1.09. The summed E-state index contributed by atoms with van der Waals surface area (Å²) >= 11 is 0. The lowest BCUT2D eigenvalue weighted by Crippen LogP contribution is -2.31. The second kappa shape index (κ2) is 5.50. The van der Waals surface area contributed by atoms with Crippen molar-refractivity contribution < 1.29 is 0 Å². The molecule has 0 saturated carbocycles. The third kappa shape index (κ3) is 3.71. The van der Waals surface area contributed by atoms with Crippen LogP contribution in [0, 0.1) is 0 Å². The van der Waals surface area contributed by atoms with Crippen molar-refractivity contribution >= 4 is 11.6 Å². The fourth-order valence-corrected chi connectivity index (χ4v) is 1.09. The van der Waals surface area contributed by atoms with Crippen LogP contribution in [0.1, 0.15) is 13.8 Å². The van der Waals surface area contributed by atoms with Gasteiger partial charge in [-0.15, -0.1) is 0 Å². The van der Waals surface area contributed by atoms with Gasteiger partial charge in [-0.2, -0.15) is 0 Å². The maximum Gasteiger partial charge on any atom is 0.168 e. The molecule has 1 aromatic heterocycles. The van der Waals surface area contributed by atoms with E-state index in [1.807, 2.05) is 0 Å². The minimum atomic E-state index is 0.449. The molecule has 0 atom stereocenters. The Morgan fingerprint density at radius 2 is 2.07 bits per heavy atom. The summed E-state index contributed by atoms with van der Waals surface area (Å²) in [7, 11) is 2.09. The van der Waals surface area contributed by atoms with Gasteiger partial charge in [-0.05, 0) is 20.9 Å². The molecule has 5 nitrogen and oxygen atoms in total. The summed E-state index contributed by atoms with van der Waals surface area (Å²) in [5.41, 5.74) is 5.65. The van der Waals surface area contributed by atoms with Crippen molar-refractivity contribution in [1.82, 2.24) is 14.9 Å². The highest BCUT2D eigenvalue weighted by atomic mass is 15.1. The molecule has 0 aliphatic carbocycles. The number of nitrogens with zero attached hydrogens (tertiary/aromatic N) is 3. The molecule has 0 bridgehead atoms. The van der Waals surface area contributed by atoms with E-state index in [4.69, 9.17) is 5.73 Å². The number of aromatic nitrogens is 2. The lowest BCUT2D eigenvalue weighted by Gasteiger charge is -2.21. The normalized spacial score (nSPS) is 11.0. The van der Waals surface area contributed by atoms with Crippen molar-refractivity contribution in [2.75, 3.05) is 31.2 Å². The predicted molar refractivity (Wildman–Crippen MR) is 62.7 cm³/mol. The molecule has 0 aliphatic heterocycles. The molecule has 0 amide bonds. The number of hydrogen-bond acceptors (Lipinski definition) is 5. The fraction of sp³-hybridized carbons (Fsp3) is 0.600. The Bertz CT molecular complexity index is 300. The van der Waals surface area contributed by atoms with Gasteiger partial charge in [0.25, 0.3) is 0 Å². The SMILES string of the molecule is CC(C)N(C)CCNc1nccnc1N. The van der Waals surface area contributed by atoms with Gasteiger partial charge in [0.2, 0.25) is 0 Å². The smallest absolute Gasteiger partial charge is 0.168 e. The Hall–Kier alpha value is -1.36.